The maximum atomic E-state index is 10.8. The van der Waals surface area contributed by atoms with Crippen LogP contribution in [0.25, 0.3) is 22.3 Å². The van der Waals surface area contributed by atoms with Gasteiger partial charge in [0.15, 0.2) is 34.5 Å². The van der Waals surface area contributed by atoms with E-state index >= 15 is 0 Å². The third kappa shape index (κ3) is 3.10. The Balaban J connectivity index is 2.28. The summed E-state index contributed by atoms with van der Waals surface area (Å²) in [6, 6.07) is 9.90. The summed E-state index contributed by atoms with van der Waals surface area (Å²) >= 11 is 0. The molecule has 0 amide bonds. The molecular weight excluding hydrogens is 352 g/mol. The predicted molar refractivity (Wildman–Crippen MR) is 98.7 cm³/mol. The largest absolute Gasteiger partial charge is 0.504 e. The zero-order valence-corrected chi connectivity index (χ0v) is 14.6. The number of benzene rings is 3. The highest BCUT2D eigenvalue weighted by molar-refractivity contribution is 5.88. The van der Waals surface area contributed by atoms with Crippen LogP contribution in [-0.2, 0) is 0 Å². The molecule has 3 aromatic rings. The van der Waals surface area contributed by atoms with Gasteiger partial charge in [-0.2, -0.15) is 0 Å². The summed E-state index contributed by atoms with van der Waals surface area (Å²) in [7, 11) is 2.80. The van der Waals surface area contributed by atoms with E-state index in [9.17, 15) is 25.5 Å². The Hall–Kier alpha value is -3.74. The van der Waals surface area contributed by atoms with Crippen LogP contribution in [0.5, 0.6) is 40.2 Å². The predicted octanol–water partition coefficient (Wildman–Crippen LogP) is 3.57. The van der Waals surface area contributed by atoms with Crippen LogP contribution in [0.1, 0.15) is 0 Å². The minimum absolute atomic E-state index is 0.114. The second-order valence-electron chi connectivity index (χ2n) is 5.79. The Morgan fingerprint density at radius 2 is 1.19 bits per heavy atom. The first-order valence-electron chi connectivity index (χ1n) is 7.90. The van der Waals surface area contributed by atoms with E-state index in [1.807, 2.05) is 0 Å². The third-order valence-electron chi connectivity index (χ3n) is 4.19. The van der Waals surface area contributed by atoms with Crippen LogP contribution in [-0.4, -0.2) is 39.8 Å². The molecule has 0 unspecified atom stereocenters. The number of methoxy groups -OCH3 is 2. The van der Waals surface area contributed by atoms with Gasteiger partial charge in [0, 0.05) is 5.56 Å². The average molecular weight is 370 g/mol. The summed E-state index contributed by atoms with van der Waals surface area (Å²) in [4.78, 5) is 0. The average Bonchev–Trinajstić information content (AvgIpc) is 2.65. The molecule has 0 fully saturated rings. The van der Waals surface area contributed by atoms with Crippen molar-refractivity contribution < 1.29 is 35.0 Å². The van der Waals surface area contributed by atoms with Crippen LogP contribution in [0.4, 0.5) is 0 Å². The number of ether oxygens (including phenoxy) is 2. The maximum Gasteiger partial charge on any atom is 0.170 e. The molecule has 0 aliphatic carbocycles. The molecule has 3 rings (SSSR count). The monoisotopic (exact) mass is 370 g/mol. The van der Waals surface area contributed by atoms with Crippen molar-refractivity contribution in [2.45, 2.75) is 0 Å². The van der Waals surface area contributed by atoms with Gasteiger partial charge in [-0.3, -0.25) is 0 Å². The molecule has 0 spiro atoms. The fourth-order valence-electron chi connectivity index (χ4n) is 2.86. The summed E-state index contributed by atoms with van der Waals surface area (Å²) in [5, 5.41) is 49.4. The highest BCUT2D eigenvalue weighted by Crippen LogP contribution is 2.50. The maximum absolute atomic E-state index is 10.8. The molecule has 7 nitrogen and oxygen atoms in total. The highest BCUT2D eigenvalue weighted by atomic mass is 16.5. The Morgan fingerprint density at radius 3 is 1.70 bits per heavy atom. The SMILES string of the molecule is COc1cc(-c2ccc(O)c(O)c2)c(OC)c(O)c1-c1ccc(O)c(O)c1. The second kappa shape index (κ2) is 6.87. The number of phenolic OH excluding ortho intramolecular Hbond substituents is 5. The first-order valence-corrected chi connectivity index (χ1v) is 7.90. The van der Waals surface area contributed by atoms with Crippen molar-refractivity contribution in [1.82, 2.24) is 0 Å². The standard InChI is InChI=1S/C20H18O7/c1-26-17-9-12(10-3-5-13(21)15(23)7-10)20(27-2)19(25)18(17)11-4-6-14(22)16(24)8-11/h3-9,21-25H,1-2H3. The van der Waals surface area contributed by atoms with Crippen LogP contribution < -0.4 is 9.47 Å². The normalized spacial score (nSPS) is 10.6. The van der Waals surface area contributed by atoms with Gasteiger partial charge in [0.05, 0.1) is 19.8 Å². The van der Waals surface area contributed by atoms with Gasteiger partial charge in [0.2, 0.25) is 0 Å². The molecule has 5 N–H and O–H groups in total. The zero-order chi connectivity index (χ0) is 19.7. The van der Waals surface area contributed by atoms with Crippen molar-refractivity contribution in [2.24, 2.45) is 0 Å². The molecule has 0 saturated heterocycles. The first-order chi connectivity index (χ1) is 12.9. The van der Waals surface area contributed by atoms with E-state index in [0.29, 0.717) is 16.7 Å². The summed E-state index contributed by atoms with van der Waals surface area (Å²) in [5.74, 6) is -1.08. The van der Waals surface area contributed by atoms with Gasteiger partial charge >= 0.3 is 0 Å². The lowest BCUT2D eigenvalue weighted by molar-refractivity contribution is 0.369. The molecule has 0 atom stereocenters. The van der Waals surface area contributed by atoms with Gasteiger partial charge in [0.25, 0.3) is 0 Å². The minimum atomic E-state index is -0.347. The summed E-state index contributed by atoms with van der Waals surface area (Å²) in [6.07, 6.45) is 0. The van der Waals surface area contributed by atoms with Crippen molar-refractivity contribution >= 4 is 0 Å². The van der Waals surface area contributed by atoms with Crippen molar-refractivity contribution in [2.75, 3.05) is 14.2 Å². The first kappa shape index (κ1) is 18.1. The Bertz CT molecular complexity index is 1010. The highest BCUT2D eigenvalue weighted by Gasteiger charge is 2.22. The van der Waals surface area contributed by atoms with Crippen molar-refractivity contribution in [3.63, 3.8) is 0 Å². The molecule has 0 aromatic heterocycles. The summed E-state index contributed by atoms with van der Waals surface area (Å²) in [5.41, 5.74) is 1.57. The molecule has 0 heterocycles. The van der Waals surface area contributed by atoms with Crippen molar-refractivity contribution in [3.8, 4) is 62.5 Å². The molecule has 140 valence electrons. The van der Waals surface area contributed by atoms with Gasteiger partial charge in [-0.05, 0) is 41.5 Å². The van der Waals surface area contributed by atoms with Crippen LogP contribution >= 0.6 is 0 Å². The van der Waals surface area contributed by atoms with Crippen LogP contribution in [0.15, 0.2) is 42.5 Å². The molecule has 27 heavy (non-hydrogen) atoms. The molecular formula is C20H18O7. The van der Waals surface area contributed by atoms with Gasteiger partial charge in [-0.1, -0.05) is 12.1 Å². The van der Waals surface area contributed by atoms with E-state index in [1.54, 1.807) is 12.1 Å². The lowest BCUT2D eigenvalue weighted by Gasteiger charge is -2.18. The molecule has 0 aliphatic heterocycles. The number of phenols is 5. The number of aromatic hydroxyl groups is 5. The lowest BCUT2D eigenvalue weighted by Crippen LogP contribution is -1.95. The van der Waals surface area contributed by atoms with E-state index in [2.05, 4.69) is 0 Å². The molecule has 0 radical (unpaired) electrons. The molecule has 0 saturated carbocycles. The number of hydrogen-bond acceptors (Lipinski definition) is 7. The minimum Gasteiger partial charge on any atom is -0.504 e. The van der Waals surface area contributed by atoms with Gasteiger partial charge < -0.3 is 35.0 Å². The molecule has 3 aromatic carbocycles. The summed E-state index contributed by atoms with van der Waals surface area (Å²) in [6.45, 7) is 0. The lowest BCUT2D eigenvalue weighted by atomic mass is 9.96. The van der Waals surface area contributed by atoms with Crippen molar-refractivity contribution in [3.05, 3.63) is 42.5 Å². The Labute approximate surface area is 154 Å². The van der Waals surface area contributed by atoms with E-state index in [1.165, 1.54) is 44.6 Å². The smallest absolute Gasteiger partial charge is 0.170 e. The molecule has 0 aliphatic rings. The van der Waals surface area contributed by atoms with Gasteiger partial charge in [-0.25, -0.2) is 0 Å². The van der Waals surface area contributed by atoms with E-state index in [0.717, 1.165) is 0 Å². The van der Waals surface area contributed by atoms with E-state index < -0.39 is 0 Å². The fourth-order valence-corrected chi connectivity index (χ4v) is 2.86. The van der Waals surface area contributed by atoms with Gasteiger partial charge in [0.1, 0.15) is 5.75 Å². The summed E-state index contributed by atoms with van der Waals surface area (Å²) < 4.78 is 10.7. The Kier molecular flexibility index (Phi) is 4.60. The fraction of sp³-hybridized carbons (Fsp3) is 0.100. The number of rotatable bonds is 4. The van der Waals surface area contributed by atoms with E-state index in [4.69, 9.17) is 9.47 Å². The van der Waals surface area contributed by atoms with Crippen molar-refractivity contribution in [1.29, 1.82) is 0 Å². The van der Waals surface area contributed by atoms with Crippen LogP contribution in [0.3, 0.4) is 0 Å². The zero-order valence-electron chi connectivity index (χ0n) is 14.6. The topological polar surface area (TPSA) is 120 Å². The Morgan fingerprint density at radius 1 is 0.630 bits per heavy atom. The number of hydrogen-bond donors (Lipinski definition) is 5. The van der Waals surface area contributed by atoms with Crippen LogP contribution in [0.2, 0.25) is 0 Å². The second-order valence-corrected chi connectivity index (χ2v) is 5.79. The van der Waals surface area contributed by atoms with Crippen LogP contribution in [0, 0.1) is 0 Å². The van der Waals surface area contributed by atoms with E-state index in [-0.39, 0.29) is 45.8 Å². The third-order valence-corrected chi connectivity index (χ3v) is 4.19. The quantitative estimate of drug-likeness (QED) is 0.445. The molecule has 7 heteroatoms. The molecule has 0 bridgehead atoms. The van der Waals surface area contributed by atoms with Gasteiger partial charge in [-0.15, -0.1) is 0 Å².